The van der Waals surface area contributed by atoms with Crippen molar-refractivity contribution in [3.05, 3.63) is 0 Å². The molecule has 0 unspecified atom stereocenters. The van der Waals surface area contributed by atoms with Gasteiger partial charge in [-0.05, 0) is 12.3 Å². The Hall–Kier alpha value is -1.63. The second kappa shape index (κ2) is 5.78. The van der Waals surface area contributed by atoms with E-state index in [9.17, 15) is 19.5 Å². The van der Waals surface area contributed by atoms with Gasteiger partial charge in [-0.1, -0.05) is 12.8 Å². The average Bonchev–Trinajstić information content (AvgIpc) is 3.08. The zero-order valence-electron chi connectivity index (χ0n) is 11.4. The lowest BCUT2D eigenvalue weighted by Crippen LogP contribution is -2.50. The van der Waals surface area contributed by atoms with Crippen molar-refractivity contribution in [2.75, 3.05) is 6.54 Å². The van der Waals surface area contributed by atoms with Crippen molar-refractivity contribution >= 4 is 17.8 Å². The van der Waals surface area contributed by atoms with Crippen molar-refractivity contribution in [3.63, 3.8) is 0 Å². The van der Waals surface area contributed by atoms with Crippen LogP contribution < -0.4 is 5.32 Å². The minimum atomic E-state index is -1.06. The van der Waals surface area contributed by atoms with E-state index >= 15 is 0 Å². The molecular weight excluding hydrogens is 264 g/mol. The third kappa shape index (κ3) is 3.47. The van der Waals surface area contributed by atoms with Crippen molar-refractivity contribution in [1.82, 2.24) is 10.2 Å². The van der Waals surface area contributed by atoms with E-state index in [1.54, 1.807) is 0 Å². The Kier molecular flexibility index (Phi) is 4.27. The number of nitrogens with zero attached hydrogens (tertiary/aromatic N) is 1. The first-order valence-electron chi connectivity index (χ1n) is 6.87. The molecular formula is C13H20N2O5. The number of hydrogen-bond acceptors (Lipinski definition) is 4. The van der Waals surface area contributed by atoms with Gasteiger partial charge in [0.25, 0.3) is 0 Å². The van der Waals surface area contributed by atoms with E-state index in [0.717, 1.165) is 12.8 Å². The first kappa shape index (κ1) is 14.8. The summed E-state index contributed by atoms with van der Waals surface area (Å²) in [4.78, 5) is 36.0. The number of amides is 2. The van der Waals surface area contributed by atoms with Gasteiger partial charge in [-0.3, -0.25) is 9.59 Å². The molecule has 1 aliphatic carbocycles. The molecule has 0 bridgehead atoms. The van der Waals surface area contributed by atoms with Crippen molar-refractivity contribution in [2.24, 2.45) is 5.92 Å². The van der Waals surface area contributed by atoms with Crippen LogP contribution in [0.2, 0.25) is 0 Å². The summed E-state index contributed by atoms with van der Waals surface area (Å²) >= 11 is 0. The molecule has 0 aromatic rings. The summed E-state index contributed by atoms with van der Waals surface area (Å²) in [5.74, 6) is -1.48. The molecule has 0 aromatic carbocycles. The van der Waals surface area contributed by atoms with Crippen LogP contribution in [0.15, 0.2) is 0 Å². The number of carbonyl (C=O) groups is 3. The molecule has 0 radical (unpaired) electrons. The molecule has 20 heavy (non-hydrogen) atoms. The van der Waals surface area contributed by atoms with Crippen molar-refractivity contribution in [3.8, 4) is 0 Å². The number of carboxylic acid groups (broad SMARTS) is 1. The molecule has 3 N–H and O–H groups in total. The number of likely N-dealkylation sites (tertiary alicyclic amines) is 1. The molecule has 3 atom stereocenters. The highest BCUT2D eigenvalue weighted by atomic mass is 16.4. The van der Waals surface area contributed by atoms with Gasteiger partial charge in [0.2, 0.25) is 11.8 Å². The maximum absolute atomic E-state index is 12.1. The first-order valence-corrected chi connectivity index (χ1v) is 6.87. The SMILES string of the molecule is CC(=O)N1C[C@H](O)C[C@H]1C(=O)N[C@H](CC1CC1)C(=O)O. The number of carbonyl (C=O) groups excluding carboxylic acids is 2. The van der Waals surface area contributed by atoms with Crippen molar-refractivity contribution in [1.29, 1.82) is 0 Å². The van der Waals surface area contributed by atoms with Crippen molar-refractivity contribution < 1.29 is 24.6 Å². The van der Waals surface area contributed by atoms with Crippen molar-refractivity contribution in [2.45, 2.75) is 50.8 Å². The molecule has 2 fully saturated rings. The van der Waals surface area contributed by atoms with E-state index in [1.165, 1.54) is 11.8 Å². The molecule has 112 valence electrons. The molecule has 2 rings (SSSR count). The van der Waals surface area contributed by atoms with Gasteiger partial charge in [-0.25, -0.2) is 4.79 Å². The van der Waals surface area contributed by atoms with Gasteiger partial charge < -0.3 is 20.4 Å². The minimum Gasteiger partial charge on any atom is -0.480 e. The lowest BCUT2D eigenvalue weighted by molar-refractivity contribution is -0.143. The number of β-amino-alcohol motifs (C(OH)–C–C–N with tert-alkyl or cyclic N) is 1. The van der Waals surface area contributed by atoms with Crippen LogP contribution in [0.1, 0.15) is 32.6 Å². The van der Waals surface area contributed by atoms with Crippen LogP contribution >= 0.6 is 0 Å². The fourth-order valence-corrected chi connectivity index (χ4v) is 2.59. The number of aliphatic hydroxyl groups excluding tert-OH is 1. The lowest BCUT2D eigenvalue weighted by Gasteiger charge is -2.24. The van der Waals surface area contributed by atoms with Gasteiger partial charge in [0.15, 0.2) is 0 Å². The van der Waals surface area contributed by atoms with E-state index in [-0.39, 0.29) is 18.9 Å². The predicted molar refractivity (Wildman–Crippen MR) is 68.7 cm³/mol. The van der Waals surface area contributed by atoms with Crippen LogP contribution in [-0.2, 0) is 14.4 Å². The molecule has 0 spiro atoms. The van der Waals surface area contributed by atoms with Crippen LogP contribution in [0, 0.1) is 5.92 Å². The summed E-state index contributed by atoms with van der Waals surface area (Å²) in [5, 5.41) is 21.2. The number of nitrogens with one attached hydrogen (secondary N) is 1. The van der Waals surface area contributed by atoms with Crippen LogP contribution in [0.5, 0.6) is 0 Å². The molecule has 1 aliphatic heterocycles. The zero-order valence-corrected chi connectivity index (χ0v) is 11.4. The van der Waals surface area contributed by atoms with Gasteiger partial charge in [0.1, 0.15) is 12.1 Å². The highest BCUT2D eigenvalue weighted by molar-refractivity contribution is 5.90. The quantitative estimate of drug-likeness (QED) is 0.621. The van der Waals surface area contributed by atoms with E-state index in [1.807, 2.05) is 0 Å². The predicted octanol–water partition coefficient (Wildman–Crippen LogP) is -0.662. The van der Waals surface area contributed by atoms with E-state index in [2.05, 4.69) is 5.32 Å². The number of carboxylic acids is 1. The maximum Gasteiger partial charge on any atom is 0.326 e. The highest BCUT2D eigenvalue weighted by Gasteiger charge is 2.39. The fourth-order valence-electron chi connectivity index (χ4n) is 2.59. The van der Waals surface area contributed by atoms with E-state index in [0.29, 0.717) is 12.3 Å². The molecule has 1 saturated carbocycles. The van der Waals surface area contributed by atoms with Gasteiger partial charge in [-0.2, -0.15) is 0 Å². The summed E-state index contributed by atoms with van der Waals surface area (Å²) in [6.45, 7) is 1.45. The second-order valence-corrected chi connectivity index (χ2v) is 5.66. The summed E-state index contributed by atoms with van der Waals surface area (Å²) in [6.07, 6.45) is 1.85. The van der Waals surface area contributed by atoms with Crippen LogP contribution in [0.3, 0.4) is 0 Å². The summed E-state index contributed by atoms with van der Waals surface area (Å²) < 4.78 is 0. The van der Waals surface area contributed by atoms with Gasteiger partial charge in [0.05, 0.1) is 6.10 Å². The summed E-state index contributed by atoms with van der Waals surface area (Å²) in [5.41, 5.74) is 0. The second-order valence-electron chi connectivity index (χ2n) is 5.66. The molecule has 1 saturated heterocycles. The standard InChI is InChI=1S/C13H20N2O5/c1-7(16)15-6-9(17)5-11(15)12(18)14-10(13(19)20)4-8-2-3-8/h8-11,17H,2-6H2,1H3,(H,14,18)(H,19,20)/t9-,10-,11+/m1/s1. The molecule has 7 nitrogen and oxygen atoms in total. The molecule has 7 heteroatoms. The van der Waals surface area contributed by atoms with Gasteiger partial charge in [-0.15, -0.1) is 0 Å². The Morgan fingerprint density at radius 2 is 2.00 bits per heavy atom. The number of aliphatic carboxylic acids is 1. The Labute approximate surface area is 116 Å². The molecule has 2 aliphatic rings. The Morgan fingerprint density at radius 1 is 1.35 bits per heavy atom. The Balaban J connectivity index is 1.97. The lowest BCUT2D eigenvalue weighted by atomic mass is 10.1. The summed E-state index contributed by atoms with van der Waals surface area (Å²) in [6, 6.07) is -1.69. The summed E-state index contributed by atoms with van der Waals surface area (Å²) in [7, 11) is 0. The smallest absolute Gasteiger partial charge is 0.326 e. The number of rotatable bonds is 5. The molecule has 0 aromatic heterocycles. The molecule has 1 heterocycles. The third-order valence-electron chi connectivity index (χ3n) is 3.87. The Morgan fingerprint density at radius 3 is 2.50 bits per heavy atom. The first-order chi connectivity index (χ1) is 9.38. The number of aliphatic hydroxyl groups is 1. The van der Waals surface area contributed by atoms with Gasteiger partial charge in [0, 0.05) is 19.9 Å². The normalized spacial score (nSPS) is 27.2. The number of hydrogen-bond donors (Lipinski definition) is 3. The Bertz CT molecular complexity index is 421. The average molecular weight is 284 g/mol. The van der Waals surface area contributed by atoms with Gasteiger partial charge >= 0.3 is 5.97 Å². The molecule has 2 amide bonds. The zero-order chi connectivity index (χ0) is 14.9. The maximum atomic E-state index is 12.1. The minimum absolute atomic E-state index is 0.119. The third-order valence-corrected chi connectivity index (χ3v) is 3.87. The van der Waals surface area contributed by atoms with Crippen LogP contribution in [-0.4, -0.2) is 57.6 Å². The fraction of sp³-hybridized carbons (Fsp3) is 0.769. The topological polar surface area (TPSA) is 107 Å². The van der Waals surface area contributed by atoms with E-state index < -0.39 is 30.1 Å². The highest BCUT2D eigenvalue weighted by Crippen LogP contribution is 2.33. The van der Waals surface area contributed by atoms with Crippen LogP contribution in [0.4, 0.5) is 0 Å². The largest absolute Gasteiger partial charge is 0.480 e. The monoisotopic (exact) mass is 284 g/mol. The van der Waals surface area contributed by atoms with Crippen LogP contribution in [0.25, 0.3) is 0 Å². The van der Waals surface area contributed by atoms with E-state index in [4.69, 9.17) is 5.11 Å².